The lowest BCUT2D eigenvalue weighted by Gasteiger charge is -2.20. The van der Waals surface area contributed by atoms with Crippen molar-refractivity contribution < 1.29 is 18.3 Å². The third-order valence-electron chi connectivity index (χ3n) is 3.38. The van der Waals surface area contributed by atoms with Crippen LogP contribution in [0.5, 0.6) is 0 Å². The van der Waals surface area contributed by atoms with Crippen molar-refractivity contribution in [3.8, 4) is 11.1 Å². The molecule has 5 nitrogen and oxygen atoms in total. The molecule has 0 saturated heterocycles. The lowest BCUT2D eigenvalue weighted by atomic mass is 9.96. The fourth-order valence-electron chi connectivity index (χ4n) is 2.49. The molecule has 0 atom stereocenters. The summed E-state index contributed by atoms with van der Waals surface area (Å²) in [5, 5.41) is 9.46. The summed E-state index contributed by atoms with van der Waals surface area (Å²) < 4.78 is 27.6. The lowest BCUT2D eigenvalue weighted by molar-refractivity contribution is 0.0697. The number of hydrogen-bond donors (Lipinski definition) is 2. The summed E-state index contributed by atoms with van der Waals surface area (Å²) in [6.45, 7) is 7.00. The molecule has 2 rings (SSSR count). The number of hydrogen-bond acceptors (Lipinski definition) is 3. The first kappa shape index (κ1) is 18.2. The molecule has 2 aromatic carbocycles. The van der Waals surface area contributed by atoms with Crippen molar-refractivity contribution in [1.29, 1.82) is 0 Å². The first-order valence-corrected chi connectivity index (χ1v) is 8.97. The van der Waals surface area contributed by atoms with E-state index in [4.69, 9.17) is 0 Å². The molecule has 24 heavy (non-hydrogen) atoms. The van der Waals surface area contributed by atoms with E-state index in [0.717, 1.165) is 0 Å². The normalized spacial score (nSPS) is 12.2. The van der Waals surface area contributed by atoms with E-state index < -0.39 is 21.5 Å². The van der Waals surface area contributed by atoms with Crippen molar-refractivity contribution in [3.63, 3.8) is 0 Å². The highest BCUT2D eigenvalue weighted by atomic mass is 32.2. The highest BCUT2D eigenvalue weighted by Gasteiger charge is 2.23. The molecule has 0 aliphatic rings. The van der Waals surface area contributed by atoms with E-state index in [2.05, 4.69) is 4.72 Å². The molecule has 2 N–H and O–H groups in total. The molecule has 2 aromatic rings. The van der Waals surface area contributed by atoms with Gasteiger partial charge in [0.25, 0.3) is 0 Å². The first-order valence-electron chi connectivity index (χ1n) is 7.48. The van der Waals surface area contributed by atoms with Crippen molar-refractivity contribution >= 4 is 16.0 Å². The van der Waals surface area contributed by atoms with Gasteiger partial charge in [-0.1, -0.05) is 30.3 Å². The van der Waals surface area contributed by atoms with Gasteiger partial charge in [0.15, 0.2) is 0 Å². The van der Waals surface area contributed by atoms with Gasteiger partial charge >= 0.3 is 5.97 Å². The maximum atomic E-state index is 12.5. The number of carbonyl (C=O) groups is 1. The number of benzene rings is 2. The topological polar surface area (TPSA) is 83.5 Å². The Hall–Kier alpha value is -2.18. The zero-order valence-corrected chi connectivity index (χ0v) is 14.9. The molecule has 0 heterocycles. The summed E-state index contributed by atoms with van der Waals surface area (Å²) in [6.07, 6.45) is 0. The summed E-state index contributed by atoms with van der Waals surface area (Å²) in [7, 11) is -3.69. The third-order valence-corrected chi connectivity index (χ3v) is 5.14. The Morgan fingerprint density at radius 3 is 2.29 bits per heavy atom. The van der Waals surface area contributed by atoms with Crippen molar-refractivity contribution in [1.82, 2.24) is 4.72 Å². The molecule has 0 unspecified atom stereocenters. The van der Waals surface area contributed by atoms with Crippen LogP contribution in [0.25, 0.3) is 11.1 Å². The van der Waals surface area contributed by atoms with E-state index in [1.54, 1.807) is 58.0 Å². The first-order chi connectivity index (χ1) is 11.0. The van der Waals surface area contributed by atoms with Gasteiger partial charge in [-0.05, 0) is 56.5 Å². The van der Waals surface area contributed by atoms with Crippen LogP contribution < -0.4 is 4.72 Å². The van der Waals surface area contributed by atoms with Gasteiger partial charge in [0.05, 0.1) is 10.5 Å². The Morgan fingerprint density at radius 1 is 1.08 bits per heavy atom. The minimum absolute atomic E-state index is 0.104. The smallest absolute Gasteiger partial charge is 0.336 e. The van der Waals surface area contributed by atoms with E-state index >= 15 is 0 Å². The largest absolute Gasteiger partial charge is 0.478 e. The third kappa shape index (κ3) is 4.01. The summed E-state index contributed by atoms with van der Waals surface area (Å²) in [4.78, 5) is 11.7. The molecular formula is C18H21NO4S. The average molecular weight is 347 g/mol. The quantitative estimate of drug-likeness (QED) is 0.887. The monoisotopic (exact) mass is 347 g/mol. The zero-order chi connectivity index (χ0) is 18.1. The van der Waals surface area contributed by atoms with Crippen molar-refractivity contribution in [3.05, 3.63) is 53.6 Å². The zero-order valence-electron chi connectivity index (χ0n) is 14.1. The number of nitrogens with one attached hydrogen (secondary N) is 1. The Labute approximate surface area is 142 Å². The number of carboxylic acids is 1. The minimum atomic E-state index is -3.69. The SMILES string of the molecule is Cc1cccc(-c2cccc(S(=O)(=O)NC(C)(C)C)c2)c1C(=O)O. The molecule has 0 aliphatic carbocycles. The van der Waals surface area contributed by atoms with Gasteiger partial charge in [0.2, 0.25) is 10.0 Å². The van der Waals surface area contributed by atoms with Gasteiger partial charge in [0, 0.05) is 5.54 Å². The van der Waals surface area contributed by atoms with Crippen LogP contribution in [0.4, 0.5) is 0 Å². The summed E-state index contributed by atoms with van der Waals surface area (Å²) in [5.74, 6) is -1.04. The fraction of sp³-hybridized carbons (Fsp3) is 0.278. The number of aromatic carboxylic acids is 1. The van der Waals surface area contributed by atoms with Crippen LogP contribution in [-0.4, -0.2) is 25.0 Å². The minimum Gasteiger partial charge on any atom is -0.478 e. The maximum absolute atomic E-state index is 12.5. The van der Waals surface area contributed by atoms with Gasteiger partial charge in [-0.2, -0.15) is 0 Å². The predicted molar refractivity (Wildman–Crippen MR) is 93.6 cm³/mol. The van der Waals surface area contributed by atoms with E-state index in [9.17, 15) is 18.3 Å². The van der Waals surface area contributed by atoms with E-state index in [0.29, 0.717) is 16.7 Å². The van der Waals surface area contributed by atoms with Gasteiger partial charge < -0.3 is 5.11 Å². The van der Waals surface area contributed by atoms with Gasteiger partial charge in [-0.25, -0.2) is 17.9 Å². The molecule has 0 amide bonds. The second kappa shape index (κ2) is 6.37. The van der Waals surface area contributed by atoms with E-state index in [1.807, 2.05) is 0 Å². The Morgan fingerprint density at radius 2 is 1.71 bits per heavy atom. The van der Waals surface area contributed by atoms with Crippen LogP contribution in [0.2, 0.25) is 0 Å². The van der Waals surface area contributed by atoms with Gasteiger partial charge in [0.1, 0.15) is 0 Å². The van der Waals surface area contributed by atoms with Crippen LogP contribution in [0.1, 0.15) is 36.7 Å². The van der Waals surface area contributed by atoms with Crippen LogP contribution in [0.15, 0.2) is 47.4 Å². The Balaban J connectivity index is 2.58. The van der Waals surface area contributed by atoms with Crippen molar-refractivity contribution in [2.24, 2.45) is 0 Å². The van der Waals surface area contributed by atoms with Crippen LogP contribution >= 0.6 is 0 Å². The van der Waals surface area contributed by atoms with E-state index in [1.165, 1.54) is 12.1 Å². The van der Waals surface area contributed by atoms with Crippen LogP contribution in [-0.2, 0) is 10.0 Å². The summed E-state index contributed by atoms with van der Waals surface area (Å²) >= 11 is 0. The maximum Gasteiger partial charge on any atom is 0.336 e. The Bertz CT molecular complexity index is 880. The second-order valence-corrected chi connectivity index (χ2v) is 8.37. The standard InChI is InChI=1S/C18H21NO4S/c1-12-7-5-10-15(16(12)17(20)21)13-8-6-9-14(11-13)24(22,23)19-18(2,3)4/h5-11,19H,1-4H3,(H,20,21). The number of rotatable bonds is 4. The number of aryl methyl sites for hydroxylation is 1. The molecule has 0 aromatic heterocycles. The molecule has 0 fully saturated rings. The molecule has 128 valence electrons. The average Bonchev–Trinajstić information content (AvgIpc) is 2.44. The molecular weight excluding hydrogens is 326 g/mol. The summed E-state index contributed by atoms with van der Waals surface area (Å²) in [6, 6.07) is 11.5. The molecule has 0 aliphatic heterocycles. The van der Waals surface area contributed by atoms with Gasteiger partial charge in [-0.3, -0.25) is 0 Å². The van der Waals surface area contributed by atoms with Crippen molar-refractivity contribution in [2.45, 2.75) is 38.1 Å². The van der Waals surface area contributed by atoms with Crippen LogP contribution in [0, 0.1) is 6.92 Å². The van der Waals surface area contributed by atoms with Gasteiger partial charge in [-0.15, -0.1) is 0 Å². The number of carboxylic acid groups (broad SMARTS) is 1. The highest BCUT2D eigenvalue weighted by Crippen LogP contribution is 2.28. The van der Waals surface area contributed by atoms with E-state index in [-0.39, 0.29) is 10.5 Å². The second-order valence-electron chi connectivity index (χ2n) is 6.69. The molecule has 0 saturated carbocycles. The molecule has 0 bridgehead atoms. The Kier molecular flexibility index (Phi) is 4.82. The highest BCUT2D eigenvalue weighted by molar-refractivity contribution is 7.89. The fourth-order valence-corrected chi connectivity index (χ4v) is 3.95. The molecule has 0 spiro atoms. The molecule has 6 heteroatoms. The summed E-state index contributed by atoms with van der Waals surface area (Å²) in [5.41, 5.74) is 1.24. The van der Waals surface area contributed by atoms with Crippen LogP contribution in [0.3, 0.4) is 0 Å². The predicted octanol–water partition coefficient (Wildman–Crippen LogP) is 3.44. The lowest BCUT2D eigenvalue weighted by Crippen LogP contribution is -2.40. The molecule has 0 radical (unpaired) electrons. The number of sulfonamides is 1. The van der Waals surface area contributed by atoms with Crippen molar-refractivity contribution in [2.75, 3.05) is 0 Å².